The van der Waals surface area contributed by atoms with Crippen molar-refractivity contribution in [1.82, 2.24) is 20.0 Å². The van der Waals surface area contributed by atoms with Gasteiger partial charge in [0.25, 0.3) is 0 Å². The number of ether oxygens (including phenoxy) is 1. The second-order valence-electron chi connectivity index (χ2n) is 7.23. The molecule has 2 aromatic heterocycles. The Hall–Kier alpha value is -1.72. The van der Waals surface area contributed by atoms with Gasteiger partial charge in [-0.15, -0.1) is 5.10 Å². The molecule has 8 nitrogen and oxygen atoms in total. The van der Waals surface area contributed by atoms with Gasteiger partial charge in [-0.05, 0) is 36.8 Å². The molecule has 11 heteroatoms. The van der Waals surface area contributed by atoms with Crippen molar-refractivity contribution in [3.63, 3.8) is 0 Å². The summed E-state index contributed by atoms with van der Waals surface area (Å²) in [5.41, 5.74) is 1.49. The van der Waals surface area contributed by atoms with Gasteiger partial charge < -0.3 is 20.1 Å². The van der Waals surface area contributed by atoms with Crippen LogP contribution in [-0.4, -0.2) is 65.7 Å². The summed E-state index contributed by atoms with van der Waals surface area (Å²) < 4.78 is 7.16. The van der Waals surface area contributed by atoms with Crippen LogP contribution in [0.4, 0.5) is 0 Å². The fourth-order valence-electron chi connectivity index (χ4n) is 3.41. The van der Waals surface area contributed by atoms with Gasteiger partial charge in [-0.2, -0.15) is 0 Å². The van der Waals surface area contributed by atoms with Gasteiger partial charge in [-0.25, -0.2) is 4.68 Å². The number of halogens is 2. The molecular formula is C20H20Cl2N4O4S. The van der Waals surface area contributed by atoms with Crippen molar-refractivity contribution in [2.24, 2.45) is 0 Å². The third kappa shape index (κ3) is 4.73. The van der Waals surface area contributed by atoms with Gasteiger partial charge in [0.1, 0.15) is 35.5 Å². The largest absolute Gasteiger partial charge is 0.394 e. The molecule has 3 heterocycles. The first kappa shape index (κ1) is 22.5. The van der Waals surface area contributed by atoms with E-state index in [1.807, 2.05) is 13.0 Å². The van der Waals surface area contributed by atoms with Crippen molar-refractivity contribution >= 4 is 35.0 Å². The van der Waals surface area contributed by atoms with Gasteiger partial charge in [-0.1, -0.05) is 40.2 Å². The third-order valence-corrected chi connectivity index (χ3v) is 6.87. The van der Waals surface area contributed by atoms with E-state index in [4.69, 9.17) is 27.9 Å². The Morgan fingerprint density at radius 1 is 1.13 bits per heavy atom. The second-order valence-corrected chi connectivity index (χ2v) is 9.21. The van der Waals surface area contributed by atoms with E-state index in [0.717, 1.165) is 16.0 Å². The van der Waals surface area contributed by atoms with Crippen LogP contribution in [0.5, 0.6) is 0 Å². The lowest BCUT2D eigenvalue weighted by Gasteiger charge is -2.41. The molecule has 0 amide bonds. The molecule has 31 heavy (non-hydrogen) atoms. The van der Waals surface area contributed by atoms with Crippen LogP contribution in [0.2, 0.25) is 10.0 Å². The maximum absolute atomic E-state index is 11.0. The SMILES string of the molecule is Cc1cncc(-c2cn(C3C(O)[C@@H](Sc4ccc(Cl)c(Cl)c4)OC(CO)[C@@H]3O)nn2)c1. The van der Waals surface area contributed by atoms with E-state index >= 15 is 0 Å². The summed E-state index contributed by atoms with van der Waals surface area (Å²) in [5.74, 6) is 0. The van der Waals surface area contributed by atoms with E-state index in [0.29, 0.717) is 15.7 Å². The second kappa shape index (κ2) is 9.41. The Morgan fingerprint density at radius 3 is 2.65 bits per heavy atom. The summed E-state index contributed by atoms with van der Waals surface area (Å²) in [4.78, 5) is 4.88. The molecule has 1 aromatic carbocycles. The minimum absolute atomic E-state index is 0.375. The number of aryl methyl sites for hydroxylation is 1. The molecule has 4 rings (SSSR count). The zero-order chi connectivity index (χ0) is 22.1. The predicted molar refractivity (Wildman–Crippen MR) is 117 cm³/mol. The molecule has 3 unspecified atom stereocenters. The molecule has 3 N–H and O–H groups in total. The third-order valence-electron chi connectivity index (χ3n) is 4.98. The standard InChI is InChI=1S/C20H20Cl2N4O4S/c1-10-4-11(7-23-6-10)15-8-26(25-24-15)17-18(28)16(9-27)30-20(19(17)29)31-12-2-3-13(21)14(22)5-12/h2-8,16-20,27-29H,9H2,1H3/t16?,17?,18-,19?,20+/m0/s1. The average molecular weight is 483 g/mol. The first-order valence-corrected chi connectivity index (χ1v) is 11.1. The monoisotopic (exact) mass is 482 g/mol. The van der Waals surface area contributed by atoms with E-state index < -0.39 is 36.4 Å². The summed E-state index contributed by atoms with van der Waals surface area (Å²) >= 11 is 13.3. The molecule has 1 saturated heterocycles. The summed E-state index contributed by atoms with van der Waals surface area (Å²) in [6, 6.07) is 6.09. The summed E-state index contributed by atoms with van der Waals surface area (Å²) in [7, 11) is 0. The van der Waals surface area contributed by atoms with Crippen molar-refractivity contribution in [3.05, 3.63) is 58.5 Å². The lowest BCUT2D eigenvalue weighted by molar-refractivity contribution is -0.178. The number of aromatic nitrogens is 4. The number of aliphatic hydroxyl groups is 3. The number of hydrogen-bond donors (Lipinski definition) is 3. The van der Waals surface area contributed by atoms with E-state index in [1.165, 1.54) is 16.4 Å². The van der Waals surface area contributed by atoms with Crippen LogP contribution >= 0.6 is 35.0 Å². The molecule has 1 aliphatic heterocycles. The van der Waals surface area contributed by atoms with Crippen molar-refractivity contribution in [2.75, 3.05) is 6.61 Å². The Bertz CT molecular complexity index is 1070. The quantitative estimate of drug-likeness (QED) is 0.508. The number of benzene rings is 1. The van der Waals surface area contributed by atoms with Gasteiger partial charge in [0.2, 0.25) is 0 Å². The average Bonchev–Trinajstić information content (AvgIpc) is 3.22. The predicted octanol–water partition coefficient (Wildman–Crippen LogP) is 2.73. The van der Waals surface area contributed by atoms with Crippen molar-refractivity contribution < 1.29 is 20.1 Å². The number of thioether (sulfide) groups is 1. The Morgan fingerprint density at radius 2 is 1.94 bits per heavy atom. The molecule has 0 radical (unpaired) electrons. The van der Waals surface area contributed by atoms with Gasteiger partial charge in [0.15, 0.2) is 0 Å². The molecule has 0 aliphatic carbocycles. The molecule has 0 spiro atoms. The van der Waals surface area contributed by atoms with E-state index in [2.05, 4.69) is 15.3 Å². The molecular weight excluding hydrogens is 463 g/mol. The lowest BCUT2D eigenvalue weighted by Crippen LogP contribution is -2.55. The number of pyridine rings is 1. The molecule has 3 aromatic rings. The zero-order valence-corrected chi connectivity index (χ0v) is 18.7. The van der Waals surface area contributed by atoms with Crippen molar-refractivity contribution in [3.8, 4) is 11.3 Å². The topological polar surface area (TPSA) is 114 Å². The first-order chi connectivity index (χ1) is 14.9. The zero-order valence-electron chi connectivity index (χ0n) is 16.3. The minimum Gasteiger partial charge on any atom is -0.394 e. The van der Waals surface area contributed by atoms with E-state index in [-0.39, 0.29) is 0 Å². The van der Waals surface area contributed by atoms with Crippen LogP contribution in [0.25, 0.3) is 11.3 Å². The molecule has 1 fully saturated rings. The highest BCUT2D eigenvalue weighted by molar-refractivity contribution is 7.99. The summed E-state index contributed by atoms with van der Waals surface area (Å²) in [5, 5.41) is 40.6. The van der Waals surface area contributed by atoms with Crippen LogP contribution in [0.3, 0.4) is 0 Å². The molecule has 0 saturated carbocycles. The van der Waals surface area contributed by atoms with Crippen LogP contribution in [-0.2, 0) is 4.74 Å². The Labute approximate surface area is 192 Å². The highest BCUT2D eigenvalue weighted by Crippen LogP contribution is 2.39. The normalized spacial score (nSPS) is 26.2. The first-order valence-electron chi connectivity index (χ1n) is 9.45. The fourth-order valence-corrected chi connectivity index (χ4v) is 4.87. The number of aliphatic hydroxyl groups excluding tert-OH is 3. The van der Waals surface area contributed by atoms with Crippen LogP contribution in [0.15, 0.2) is 47.8 Å². The highest BCUT2D eigenvalue weighted by Gasteiger charge is 2.46. The fraction of sp³-hybridized carbons (Fsp3) is 0.350. The maximum atomic E-state index is 11.0. The van der Waals surface area contributed by atoms with E-state index in [9.17, 15) is 15.3 Å². The highest BCUT2D eigenvalue weighted by atomic mass is 35.5. The lowest BCUT2D eigenvalue weighted by atomic mass is 9.97. The van der Waals surface area contributed by atoms with Gasteiger partial charge >= 0.3 is 0 Å². The smallest absolute Gasteiger partial charge is 0.136 e. The molecule has 0 bridgehead atoms. The Balaban J connectivity index is 1.62. The molecule has 164 valence electrons. The Kier molecular flexibility index (Phi) is 6.83. The van der Waals surface area contributed by atoms with Crippen LogP contribution in [0, 0.1) is 6.92 Å². The number of rotatable bonds is 5. The van der Waals surface area contributed by atoms with Gasteiger partial charge in [0, 0.05) is 22.9 Å². The molecule has 1 aliphatic rings. The van der Waals surface area contributed by atoms with Crippen LogP contribution in [0.1, 0.15) is 11.6 Å². The number of hydrogen-bond acceptors (Lipinski definition) is 8. The molecule has 5 atom stereocenters. The van der Waals surface area contributed by atoms with E-state index in [1.54, 1.807) is 36.8 Å². The summed E-state index contributed by atoms with van der Waals surface area (Å²) in [6.45, 7) is 1.50. The maximum Gasteiger partial charge on any atom is 0.136 e. The summed E-state index contributed by atoms with van der Waals surface area (Å²) in [6.07, 6.45) is 1.77. The van der Waals surface area contributed by atoms with Crippen molar-refractivity contribution in [1.29, 1.82) is 0 Å². The van der Waals surface area contributed by atoms with Crippen molar-refractivity contribution in [2.45, 2.75) is 41.6 Å². The van der Waals surface area contributed by atoms with Crippen LogP contribution < -0.4 is 0 Å². The number of nitrogens with zero attached hydrogens (tertiary/aromatic N) is 4. The van der Waals surface area contributed by atoms with Gasteiger partial charge in [-0.3, -0.25) is 4.98 Å². The van der Waals surface area contributed by atoms with Gasteiger partial charge in [0.05, 0.1) is 22.8 Å². The minimum atomic E-state index is -1.20.